The Balaban J connectivity index is 1.23. The maximum atomic E-state index is 15.1. The summed E-state index contributed by atoms with van der Waals surface area (Å²) in [7, 11) is 4.16. The van der Waals surface area contributed by atoms with Crippen LogP contribution in [0.1, 0.15) is 43.5 Å². The fraction of sp³-hybridized carbons (Fsp3) is 0.467. The summed E-state index contributed by atoms with van der Waals surface area (Å²) in [5, 5.41) is 0. The van der Waals surface area contributed by atoms with Crippen LogP contribution in [-0.4, -0.2) is 67.3 Å². The number of anilines is 2. The molecule has 2 aromatic carbocycles. The molecule has 39 heavy (non-hydrogen) atoms. The minimum atomic E-state index is -0.632. The van der Waals surface area contributed by atoms with Crippen LogP contribution in [0.15, 0.2) is 36.5 Å². The van der Waals surface area contributed by atoms with Gasteiger partial charge in [-0.3, -0.25) is 0 Å². The molecule has 206 valence electrons. The predicted octanol–water partition coefficient (Wildman–Crippen LogP) is 5.43. The van der Waals surface area contributed by atoms with E-state index in [2.05, 4.69) is 38.8 Å². The molecule has 1 saturated carbocycles. The van der Waals surface area contributed by atoms with E-state index < -0.39 is 11.6 Å². The maximum absolute atomic E-state index is 15.1. The van der Waals surface area contributed by atoms with E-state index in [1.165, 1.54) is 12.1 Å². The summed E-state index contributed by atoms with van der Waals surface area (Å²) >= 11 is 0. The van der Waals surface area contributed by atoms with E-state index in [-0.39, 0.29) is 23.7 Å². The molecule has 6 nitrogen and oxygen atoms in total. The SMILES string of the molecule is CN(C)C1CCN(c2ccc(Cc3ncc(F)c(-c4cc(F)c5c(c4)N(C4CCC4)CCO5)n3)cc2F)CC1. The molecule has 0 bridgehead atoms. The summed E-state index contributed by atoms with van der Waals surface area (Å²) in [6, 6.07) is 9.09. The van der Waals surface area contributed by atoms with Gasteiger partial charge < -0.3 is 19.4 Å². The second kappa shape index (κ2) is 10.7. The number of hydrogen-bond donors (Lipinski definition) is 0. The second-order valence-corrected chi connectivity index (χ2v) is 11.1. The van der Waals surface area contributed by atoms with Gasteiger partial charge in [0.15, 0.2) is 17.4 Å². The molecule has 3 aliphatic rings. The number of rotatable bonds is 6. The number of ether oxygens (including phenoxy) is 1. The largest absolute Gasteiger partial charge is 0.486 e. The van der Waals surface area contributed by atoms with Crippen molar-refractivity contribution in [3.63, 3.8) is 0 Å². The van der Waals surface area contributed by atoms with Crippen molar-refractivity contribution in [1.82, 2.24) is 14.9 Å². The van der Waals surface area contributed by atoms with Crippen LogP contribution in [0.3, 0.4) is 0 Å². The lowest BCUT2D eigenvalue weighted by molar-refractivity contribution is 0.249. The third-order valence-corrected chi connectivity index (χ3v) is 8.40. The molecule has 1 saturated heterocycles. The number of nitrogens with zero attached hydrogens (tertiary/aromatic N) is 5. The average molecular weight is 538 g/mol. The van der Waals surface area contributed by atoms with Gasteiger partial charge in [0, 0.05) is 37.2 Å². The van der Waals surface area contributed by atoms with E-state index in [9.17, 15) is 4.39 Å². The molecule has 0 amide bonds. The zero-order valence-electron chi connectivity index (χ0n) is 22.5. The highest BCUT2D eigenvalue weighted by Gasteiger charge is 2.32. The van der Waals surface area contributed by atoms with Crippen LogP contribution in [-0.2, 0) is 6.42 Å². The van der Waals surface area contributed by atoms with E-state index in [1.54, 1.807) is 12.1 Å². The van der Waals surface area contributed by atoms with Crippen LogP contribution in [0.2, 0.25) is 0 Å². The number of benzene rings is 2. The lowest BCUT2D eigenvalue weighted by atomic mass is 9.90. The molecule has 0 radical (unpaired) electrons. The highest BCUT2D eigenvalue weighted by molar-refractivity contribution is 5.72. The maximum Gasteiger partial charge on any atom is 0.178 e. The van der Waals surface area contributed by atoms with Gasteiger partial charge in [-0.2, -0.15) is 0 Å². The molecule has 2 fully saturated rings. The molecular weight excluding hydrogens is 503 g/mol. The predicted molar refractivity (Wildman–Crippen MR) is 146 cm³/mol. The number of aromatic nitrogens is 2. The van der Waals surface area contributed by atoms with Gasteiger partial charge in [-0.05, 0) is 76.0 Å². The van der Waals surface area contributed by atoms with E-state index in [0.29, 0.717) is 53.6 Å². The minimum Gasteiger partial charge on any atom is -0.486 e. The Morgan fingerprint density at radius 2 is 1.72 bits per heavy atom. The summed E-state index contributed by atoms with van der Waals surface area (Å²) < 4.78 is 50.8. The summed E-state index contributed by atoms with van der Waals surface area (Å²) in [5.41, 5.74) is 2.30. The van der Waals surface area contributed by atoms with Gasteiger partial charge in [0.25, 0.3) is 0 Å². The highest BCUT2D eigenvalue weighted by atomic mass is 19.1. The molecule has 0 unspecified atom stereocenters. The molecule has 9 heteroatoms. The third kappa shape index (κ3) is 5.16. The first-order valence-electron chi connectivity index (χ1n) is 13.8. The summed E-state index contributed by atoms with van der Waals surface area (Å²) in [4.78, 5) is 15.1. The summed E-state index contributed by atoms with van der Waals surface area (Å²) in [5.74, 6) is -0.888. The Labute approximate surface area is 227 Å². The normalized spacial score (nSPS) is 18.2. The van der Waals surface area contributed by atoms with Crippen LogP contribution in [0.25, 0.3) is 11.3 Å². The Morgan fingerprint density at radius 1 is 0.923 bits per heavy atom. The van der Waals surface area contributed by atoms with Gasteiger partial charge in [0.05, 0.1) is 24.1 Å². The van der Waals surface area contributed by atoms with Crippen molar-refractivity contribution in [2.45, 2.75) is 50.6 Å². The first-order chi connectivity index (χ1) is 18.9. The Kier molecular flexibility index (Phi) is 7.10. The number of fused-ring (bicyclic) bond motifs is 1. The zero-order valence-corrected chi connectivity index (χ0v) is 22.5. The van der Waals surface area contributed by atoms with E-state index >= 15 is 8.78 Å². The summed E-state index contributed by atoms with van der Waals surface area (Å²) in [6.45, 7) is 2.72. The molecule has 6 rings (SSSR count). The van der Waals surface area contributed by atoms with Gasteiger partial charge >= 0.3 is 0 Å². The molecule has 3 aromatic rings. The van der Waals surface area contributed by atoms with Crippen LogP contribution in [0.4, 0.5) is 24.5 Å². The number of halogens is 3. The molecule has 1 aliphatic carbocycles. The van der Waals surface area contributed by atoms with Crippen LogP contribution in [0.5, 0.6) is 5.75 Å². The lowest BCUT2D eigenvalue weighted by Gasteiger charge is -2.42. The number of hydrogen-bond acceptors (Lipinski definition) is 6. The molecule has 1 aromatic heterocycles. The van der Waals surface area contributed by atoms with Crippen molar-refractivity contribution >= 4 is 11.4 Å². The first kappa shape index (κ1) is 25.9. The Morgan fingerprint density at radius 3 is 2.41 bits per heavy atom. The summed E-state index contributed by atoms with van der Waals surface area (Å²) in [6.07, 6.45) is 6.59. The standard InChI is InChI=1S/C30H34F3N5O/c1-36(2)21-8-10-37(11-9-21)26-7-6-19(14-23(26)31)15-28-34-18-25(33)29(35-28)20-16-24(32)30-27(17-20)38(12-13-39-30)22-4-3-5-22/h6-7,14,16-18,21-22H,3-5,8-13,15H2,1-2H3. The van der Waals surface area contributed by atoms with E-state index in [0.717, 1.165) is 51.4 Å². The molecule has 0 N–H and O–H groups in total. The molecular formula is C30H34F3N5O. The van der Waals surface area contributed by atoms with Crippen molar-refractivity contribution in [3.8, 4) is 17.0 Å². The van der Waals surface area contributed by atoms with Crippen molar-refractivity contribution in [1.29, 1.82) is 0 Å². The second-order valence-electron chi connectivity index (χ2n) is 11.1. The highest BCUT2D eigenvalue weighted by Crippen LogP contribution is 2.42. The molecule has 0 spiro atoms. The van der Waals surface area contributed by atoms with E-state index in [1.807, 2.05) is 6.07 Å². The average Bonchev–Trinajstić information content (AvgIpc) is 2.89. The van der Waals surface area contributed by atoms with Gasteiger partial charge in [0.2, 0.25) is 0 Å². The van der Waals surface area contributed by atoms with Crippen LogP contribution in [0, 0.1) is 17.5 Å². The minimum absolute atomic E-state index is 0.0293. The van der Waals surface area contributed by atoms with Crippen LogP contribution < -0.4 is 14.5 Å². The van der Waals surface area contributed by atoms with Gasteiger partial charge in [0.1, 0.15) is 23.9 Å². The molecule has 0 atom stereocenters. The van der Waals surface area contributed by atoms with Crippen molar-refractivity contribution in [2.75, 3.05) is 50.1 Å². The zero-order chi connectivity index (χ0) is 27.1. The lowest BCUT2D eigenvalue weighted by Crippen LogP contribution is -2.44. The first-order valence-corrected chi connectivity index (χ1v) is 13.8. The van der Waals surface area contributed by atoms with Crippen molar-refractivity contribution in [2.24, 2.45) is 0 Å². The Hall–Kier alpha value is -3.33. The topological polar surface area (TPSA) is 44.7 Å². The third-order valence-electron chi connectivity index (χ3n) is 8.40. The van der Waals surface area contributed by atoms with Gasteiger partial charge in [-0.25, -0.2) is 23.1 Å². The van der Waals surface area contributed by atoms with Gasteiger partial charge in [-0.15, -0.1) is 0 Å². The monoisotopic (exact) mass is 537 g/mol. The van der Waals surface area contributed by atoms with Gasteiger partial charge in [-0.1, -0.05) is 6.07 Å². The van der Waals surface area contributed by atoms with E-state index in [4.69, 9.17) is 4.74 Å². The van der Waals surface area contributed by atoms with Crippen LogP contribution >= 0.6 is 0 Å². The fourth-order valence-corrected chi connectivity index (χ4v) is 5.93. The quantitative estimate of drug-likeness (QED) is 0.418. The number of piperidine rings is 1. The van der Waals surface area contributed by atoms with Crippen molar-refractivity contribution < 1.29 is 17.9 Å². The molecule has 2 aliphatic heterocycles. The smallest absolute Gasteiger partial charge is 0.178 e. The van der Waals surface area contributed by atoms with Crippen molar-refractivity contribution in [3.05, 3.63) is 65.4 Å². The fourth-order valence-electron chi connectivity index (χ4n) is 5.93. The molecule has 3 heterocycles. The Bertz CT molecular complexity index is 1350.